The van der Waals surface area contributed by atoms with Gasteiger partial charge in [-0.1, -0.05) is 17.7 Å². The molecule has 0 bridgehead atoms. The number of fused-ring (bicyclic) bond motifs is 1. The molecule has 0 radical (unpaired) electrons. The van der Waals surface area contributed by atoms with Gasteiger partial charge in [0.2, 0.25) is 0 Å². The highest BCUT2D eigenvalue weighted by molar-refractivity contribution is 6.35. The Morgan fingerprint density at radius 2 is 2.16 bits per heavy atom. The highest BCUT2D eigenvalue weighted by Gasteiger charge is 2.34. The van der Waals surface area contributed by atoms with E-state index in [1.165, 1.54) is 6.42 Å². The molecular formula is C15H20ClN3. The Bertz CT molecular complexity index is 611. The third kappa shape index (κ3) is 2.15. The zero-order chi connectivity index (χ0) is 13.6. The van der Waals surface area contributed by atoms with Crippen LogP contribution in [0.2, 0.25) is 5.02 Å². The summed E-state index contributed by atoms with van der Waals surface area (Å²) in [6.45, 7) is 4.33. The monoisotopic (exact) mass is 277 g/mol. The van der Waals surface area contributed by atoms with Gasteiger partial charge in [-0.05, 0) is 45.2 Å². The molecule has 0 spiro atoms. The average molecular weight is 278 g/mol. The lowest BCUT2D eigenvalue weighted by molar-refractivity contribution is 0.240. The Balaban J connectivity index is 2.13. The SMILES string of the molecule is CC(C)n1c(CC2(N)CCC2)nc2cccc(Cl)c21. The predicted octanol–water partition coefficient (Wildman–Crippen LogP) is 3.69. The molecule has 1 aromatic heterocycles. The van der Waals surface area contributed by atoms with Crippen LogP contribution in [0.3, 0.4) is 0 Å². The maximum atomic E-state index is 6.38. The number of halogens is 1. The smallest absolute Gasteiger partial charge is 0.111 e. The first-order chi connectivity index (χ1) is 9.00. The summed E-state index contributed by atoms with van der Waals surface area (Å²) in [6.07, 6.45) is 4.28. The first-order valence-electron chi connectivity index (χ1n) is 6.94. The van der Waals surface area contributed by atoms with E-state index in [0.717, 1.165) is 41.1 Å². The van der Waals surface area contributed by atoms with E-state index in [4.69, 9.17) is 22.3 Å². The Morgan fingerprint density at radius 3 is 2.74 bits per heavy atom. The van der Waals surface area contributed by atoms with Crippen molar-refractivity contribution in [3.8, 4) is 0 Å². The lowest BCUT2D eigenvalue weighted by atomic mass is 9.75. The van der Waals surface area contributed by atoms with Gasteiger partial charge in [-0.15, -0.1) is 0 Å². The van der Waals surface area contributed by atoms with Crippen molar-refractivity contribution in [3.05, 3.63) is 29.0 Å². The molecule has 3 rings (SSSR count). The molecule has 0 saturated heterocycles. The highest BCUT2D eigenvalue weighted by atomic mass is 35.5. The van der Waals surface area contributed by atoms with E-state index in [0.29, 0.717) is 6.04 Å². The van der Waals surface area contributed by atoms with Crippen LogP contribution in [0.25, 0.3) is 11.0 Å². The van der Waals surface area contributed by atoms with E-state index >= 15 is 0 Å². The molecule has 102 valence electrons. The number of hydrogen-bond donors (Lipinski definition) is 1. The lowest BCUT2D eigenvalue weighted by Gasteiger charge is -2.38. The molecule has 0 amide bonds. The fourth-order valence-electron chi connectivity index (χ4n) is 2.96. The molecular weight excluding hydrogens is 258 g/mol. The van der Waals surface area contributed by atoms with Crippen LogP contribution >= 0.6 is 11.6 Å². The van der Waals surface area contributed by atoms with E-state index in [1.807, 2.05) is 18.2 Å². The zero-order valence-corrected chi connectivity index (χ0v) is 12.2. The summed E-state index contributed by atoms with van der Waals surface area (Å²) < 4.78 is 2.24. The minimum atomic E-state index is -0.0551. The second-order valence-electron chi connectivity index (χ2n) is 5.99. The summed E-state index contributed by atoms with van der Waals surface area (Å²) in [6, 6.07) is 6.24. The number of para-hydroxylation sites is 1. The molecule has 1 aromatic carbocycles. The van der Waals surface area contributed by atoms with Crippen LogP contribution in [0.15, 0.2) is 18.2 Å². The minimum Gasteiger partial charge on any atom is -0.325 e. The van der Waals surface area contributed by atoms with Crippen molar-refractivity contribution in [2.24, 2.45) is 5.73 Å². The van der Waals surface area contributed by atoms with Gasteiger partial charge in [0, 0.05) is 18.0 Å². The maximum Gasteiger partial charge on any atom is 0.111 e. The molecule has 0 atom stereocenters. The summed E-state index contributed by atoms with van der Waals surface area (Å²) in [4.78, 5) is 4.76. The van der Waals surface area contributed by atoms with Gasteiger partial charge < -0.3 is 10.3 Å². The molecule has 1 aliphatic rings. The Morgan fingerprint density at radius 1 is 1.42 bits per heavy atom. The van der Waals surface area contributed by atoms with E-state index in [9.17, 15) is 0 Å². The zero-order valence-electron chi connectivity index (χ0n) is 11.5. The van der Waals surface area contributed by atoms with Gasteiger partial charge in [-0.3, -0.25) is 0 Å². The van der Waals surface area contributed by atoms with E-state index < -0.39 is 0 Å². The van der Waals surface area contributed by atoms with Gasteiger partial charge in [0.25, 0.3) is 0 Å². The van der Waals surface area contributed by atoms with Crippen LogP contribution in [-0.2, 0) is 6.42 Å². The molecule has 1 saturated carbocycles. The van der Waals surface area contributed by atoms with Crippen LogP contribution in [0.5, 0.6) is 0 Å². The second-order valence-corrected chi connectivity index (χ2v) is 6.40. The van der Waals surface area contributed by atoms with Gasteiger partial charge in [0.05, 0.1) is 16.1 Å². The van der Waals surface area contributed by atoms with Crippen molar-refractivity contribution in [3.63, 3.8) is 0 Å². The predicted molar refractivity (Wildman–Crippen MR) is 79.6 cm³/mol. The van der Waals surface area contributed by atoms with Gasteiger partial charge in [-0.25, -0.2) is 4.98 Å². The van der Waals surface area contributed by atoms with Gasteiger partial charge in [-0.2, -0.15) is 0 Å². The third-order valence-electron chi connectivity index (χ3n) is 4.11. The number of rotatable bonds is 3. The van der Waals surface area contributed by atoms with Crippen molar-refractivity contribution in [2.75, 3.05) is 0 Å². The fraction of sp³-hybridized carbons (Fsp3) is 0.533. The summed E-state index contributed by atoms with van der Waals surface area (Å²) >= 11 is 6.35. The normalized spacial score (nSPS) is 17.9. The molecule has 2 N–H and O–H groups in total. The molecule has 0 aliphatic heterocycles. The Labute approximate surface area is 118 Å². The molecule has 3 nitrogen and oxygen atoms in total. The molecule has 1 fully saturated rings. The van der Waals surface area contributed by atoms with Crippen molar-refractivity contribution in [1.82, 2.24) is 9.55 Å². The first kappa shape index (κ1) is 12.9. The van der Waals surface area contributed by atoms with Crippen LogP contribution < -0.4 is 5.73 Å². The Kier molecular flexibility index (Phi) is 3.06. The molecule has 1 aliphatic carbocycles. The van der Waals surface area contributed by atoms with Crippen LogP contribution in [0, 0.1) is 0 Å². The van der Waals surface area contributed by atoms with E-state index in [2.05, 4.69) is 18.4 Å². The first-order valence-corrected chi connectivity index (χ1v) is 7.32. The van der Waals surface area contributed by atoms with Gasteiger partial charge in [0.1, 0.15) is 5.82 Å². The molecule has 19 heavy (non-hydrogen) atoms. The summed E-state index contributed by atoms with van der Waals surface area (Å²) in [5.74, 6) is 1.07. The average Bonchev–Trinajstić information content (AvgIpc) is 2.66. The quantitative estimate of drug-likeness (QED) is 0.930. The molecule has 2 aromatic rings. The second kappa shape index (κ2) is 4.50. The number of hydrogen-bond acceptors (Lipinski definition) is 2. The summed E-state index contributed by atoms with van der Waals surface area (Å²) in [5, 5.41) is 0.768. The number of imidazole rings is 1. The van der Waals surface area contributed by atoms with Crippen LogP contribution in [0.1, 0.15) is 45.0 Å². The molecule has 4 heteroatoms. The van der Waals surface area contributed by atoms with Gasteiger partial charge in [0.15, 0.2) is 0 Å². The Hall–Kier alpha value is -1.06. The maximum absolute atomic E-state index is 6.38. The molecule has 1 heterocycles. The fourth-order valence-corrected chi connectivity index (χ4v) is 3.22. The summed E-state index contributed by atoms with van der Waals surface area (Å²) in [7, 11) is 0. The van der Waals surface area contributed by atoms with Crippen LogP contribution in [-0.4, -0.2) is 15.1 Å². The van der Waals surface area contributed by atoms with Crippen molar-refractivity contribution in [2.45, 2.75) is 51.1 Å². The topological polar surface area (TPSA) is 43.8 Å². The molecule has 0 unspecified atom stereocenters. The number of nitrogens with zero attached hydrogens (tertiary/aromatic N) is 2. The standard InChI is InChI=1S/C15H20ClN3/c1-10(2)19-13(9-15(17)7-4-8-15)18-12-6-3-5-11(16)14(12)19/h3,5-6,10H,4,7-9,17H2,1-2H3. The number of benzene rings is 1. The lowest BCUT2D eigenvalue weighted by Crippen LogP contribution is -2.49. The number of aromatic nitrogens is 2. The number of nitrogens with two attached hydrogens (primary N) is 1. The minimum absolute atomic E-state index is 0.0551. The third-order valence-corrected chi connectivity index (χ3v) is 4.41. The van der Waals surface area contributed by atoms with Crippen molar-refractivity contribution < 1.29 is 0 Å². The van der Waals surface area contributed by atoms with Gasteiger partial charge >= 0.3 is 0 Å². The summed E-state index contributed by atoms with van der Waals surface area (Å²) in [5.41, 5.74) is 8.33. The van der Waals surface area contributed by atoms with E-state index in [1.54, 1.807) is 0 Å². The van der Waals surface area contributed by atoms with Crippen molar-refractivity contribution >= 4 is 22.6 Å². The largest absolute Gasteiger partial charge is 0.325 e. The van der Waals surface area contributed by atoms with Crippen LogP contribution in [0.4, 0.5) is 0 Å². The van der Waals surface area contributed by atoms with E-state index in [-0.39, 0.29) is 5.54 Å². The highest BCUT2D eigenvalue weighted by Crippen LogP contribution is 2.35. The van der Waals surface area contributed by atoms with Crippen molar-refractivity contribution in [1.29, 1.82) is 0 Å².